The van der Waals surface area contributed by atoms with Gasteiger partial charge in [-0.25, -0.2) is 0 Å². The van der Waals surface area contributed by atoms with Gasteiger partial charge in [0, 0.05) is 12.5 Å². The lowest BCUT2D eigenvalue weighted by Crippen LogP contribution is -2.19. The monoisotopic (exact) mass is 229 g/mol. The van der Waals surface area contributed by atoms with Gasteiger partial charge in [0.05, 0.1) is 6.26 Å². The number of nitrogens with one attached hydrogen (secondary N) is 1. The van der Waals surface area contributed by atoms with Crippen LogP contribution in [0.3, 0.4) is 0 Å². The van der Waals surface area contributed by atoms with Gasteiger partial charge in [0.15, 0.2) is 0 Å². The SMILES string of the molecule is CNC(Cc1ccco1)c1ccc(C)cc1C. The minimum atomic E-state index is 0.307. The molecule has 0 bridgehead atoms. The molecule has 0 saturated carbocycles. The fourth-order valence-electron chi connectivity index (χ4n) is 2.21. The van der Waals surface area contributed by atoms with Crippen LogP contribution in [0.25, 0.3) is 0 Å². The van der Waals surface area contributed by atoms with E-state index in [2.05, 4.69) is 37.4 Å². The number of hydrogen-bond acceptors (Lipinski definition) is 2. The van der Waals surface area contributed by atoms with Gasteiger partial charge in [-0.15, -0.1) is 0 Å². The number of benzene rings is 1. The lowest BCUT2D eigenvalue weighted by molar-refractivity contribution is 0.465. The Hall–Kier alpha value is -1.54. The van der Waals surface area contributed by atoms with Crippen molar-refractivity contribution < 1.29 is 4.42 Å². The van der Waals surface area contributed by atoms with Crippen molar-refractivity contribution in [3.8, 4) is 0 Å². The average Bonchev–Trinajstić information content (AvgIpc) is 2.79. The zero-order chi connectivity index (χ0) is 12.3. The van der Waals surface area contributed by atoms with Crippen molar-refractivity contribution in [2.45, 2.75) is 26.3 Å². The molecule has 0 fully saturated rings. The number of aryl methyl sites for hydroxylation is 2. The van der Waals surface area contributed by atoms with E-state index in [-0.39, 0.29) is 0 Å². The van der Waals surface area contributed by atoms with Gasteiger partial charge >= 0.3 is 0 Å². The largest absolute Gasteiger partial charge is 0.469 e. The minimum absolute atomic E-state index is 0.307. The summed E-state index contributed by atoms with van der Waals surface area (Å²) in [5.74, 6) is 1.02. The Bertz CT molecular complexity index is 474. The van der Waals surface area contributed by atoms with Gasteiger partial charge in [-0.05, 0) is 44.2 Å². The molecule has 0 aliphatic carbocycles. The fraction of sp³-hybridized carbons (Fsp3) is 0.333. The molecule has 2 aromatic rings. The third-order valence-corrected chi connectivity index (χ3v) is 3.13. The molecule has 1 aromatic carbocycles. The molecule has 1 heterocycles. The Morgan fingerprint density at radius 2 is 2.06 bits per heavy atom. The second-order valence-electron chi connectivity index (χ2n) is 4.48. The zero-order valence-electron chi connectivity index (χ0n) is 10.7. The van der Waals surface area contributed by atoms with E-state index in [9.17, 15) is 0 Å². The van der Waals surface area contributed by atoms with Gasteiger partial charge < -0.3 is 9.73 Å². The molecule has 0 spiro atoms. The van der Waals surface area contributed by atoms with Crippen LogP contribution < -0.4 is 5.32 Å². The molecule has 90 valence electrons. The molecule has 0 saturated heterocycles. The van der Waals surface area contributed by atoms with Crippen LogP contribution in [0.15, 0.2) is 41.0 Å². The summed E-state index contributed by atoms with van der Waals surface area (Å²) in [7, 11) is 1.99. The first-order valence-electron chi connectivity index (χ1n) is 5.97. The normalized spacial score (nSPS) is 12.6. The maximum Gasteiger partial charge on any atom is 0.105 e. The molecule has 2 heteroatoms. The number of likely N-dealkylation sites (N-methyl/N-ethyl adjacent to an activating group) is 1. The van der Waals surface area contributed by atoms with E-state index in [0.717, 1.165) is 12.2 Å². The lowest BCUT2D eigenvalue weighted by atomic mass is 9.96. The molecule has 0 aliphatic rings. The highest BCUT2D eigenvalue weighted by Gasteiger charge is 2.13. The molecular formula is C15H19NO. The van der Waals surface area contributed by atoms with Crippen molar-refractivity contribution in [1.29, 1.82) is 0 Å². The topological polar surface area (TPSA) is 25.2 Å². The smallest absolute Gasteiger partial charge is 0.105 e. The van der Waals surface area contributed by atoms with Gasteiger partial charge in [-0.2, -0.15) is 0 Å². The Morgan fingerprint density at radius 1 is 1.24 bits per heavy atom. The van der Waals surface area contributed by atoms with Crippen LogP contribution in [-0.2, 0) is 6.42 Å². The van der Waals surface area contributed by atoms with Gasteiger partial charge in [0.2, 0.25) is 0 Å². The van der Waals surface area contributed by atoms with Crippen molar-refractivity contribution in [2.75, 3.05) is 7.05 Å². The molecule has 2 rings (SSSR count). The van der Waals surface area contributed by atoms with Crippen molar-refractivity contribution in [3.63, 3.8) is 0 Å². The van der Waals surface area contributed by atoms with Crippen LogP contribution in [0.4, 0.5) is 0 Å². The summed E-state index contributed by atoms with van der Waals surface area (Å²) in [6.45, 7) is 4.28. The van der Waals surface area contributed by atoms with E-state index in [4.69, 9.17) is 4.42 Å². The molecule has 0 radical (unpaired) electrons. The van der Waals surface area contributed by atoms with Crippen LogP contribution in [0.1, 0.15) is 28.5 Å². The first-order valence-corrected chi connectivity index (χ1v) is 5.97. The number of hydrogen-bond donors (Lipinski definition) is 1. The van der Waals surface area contributed by atoms with E-state index in [1.165, 1.54) is 16.7 Å². The van der Waals surface area contributed by atoms with Crippen LogP contribution in [0.2, 0.25) is 0 Å². The maximum atomic E-state index is 5.41. The fourth-order valence-corrected chi connectivity index (χ4v) is 2.21. The average molecular weight is 229 g/mol. The molecule has 1 unspecified atom stereocenters. The summed E-state index contributed by atoms with van der Waals surface area (Å²) in [6, 6.07) is 10.9. The van der Waals surface area contributed by atoms with Crippen LogP contribution in [-0.4, -0.2) is 7.05 Å². The van der Waals surface area contributed by atoms with Gasteiger partial charge in [-0.1, -0.05) is 23.8 Å². The van der Waals surface area contributed by atoms with Crippen LogP contribution in [0.5, 0.6) is 0 Å². The Kier molecular flexibility index (Phi) is 3.64. The van der Waals surface area contributed by atoms with Crippen molar-refractivity contribution in [3.05, 3.63) is 59.0 Å². The van der Waals surface area contributed by atoms with E-state index in [0.29, 0.717) is 6.04 Å². The maximum absolute atomic E-state index is 5.41. The highest BCUT2D eigenvalue weighted by atomic mass is 16.3. The first kappa shape index (κ1) is 11.9. The third kappa shape index (κ3) is 2.77. The van der Waals surface area contributed by atoms with Crippen LogP contribution in [0, 0.1) is 13.8 Å². The summed E-state index contributed by atoms with van der Waals surface area (Å²) in [5.41, 5.74) is 3.98. The standard InChI is InChI=1S/C15H19NO/c1-11-6-7-14(12(2)9-11)15(16-3)10-13-5-4-8-17-13/h4-9,15-16H,10H2,1-3H3. The van der Waals surface area contributed by atoms with Gasteiger partial charge in [0.1, 0.15) is 5.76 Å². The predicted octanol–water partition coefficient (Wildman–Crippen LogP) is 3.40. The van der Waals surface area contributed by atoms with E-state index in [1.54, 1.807) is 6.26 Å². The molecule has 2 nitrogen and oxygen atoms in total. The van der Waals surface area contributed by atoms with E-state index in [1.807, 2.05) is 19.2 Å². The van der Waals surface area contributed by atoms with Crippen molar-refractivity contribution in [2.24, 2.45) is 0 Å². The predicted molar refractivity (Wildman–Crippen MR) is 70.1 cm³/mol. The highest BCUT2D eigenvalue weighted by Crippen LogP contribution is 2.22. The second kappa shape index (κ2) is 5.19. The highest BCUT2D eigenvalue weighted by molar-refractivity contribution is 5.33. The van der Waals surface area contributed by atoms with Crippen LogP contribution >= 0.6 is 0 Å². The molecule has 1 N–H and O–H groups in total. The summed E-state index contributed by atoms with van der Waals surface area (Å²) in [4.78, 5) is 0. The quantitative estimate of drug-likeness (QED) is 0.869. The zero-order valence-corrected chi connectivity index (χ0v) is 10.7. The molecule has 1 atom stereocenters. The third-order valence-electron chi connectivity index (χ3n) is 3.13. The molecular weight excluding hydrogens is 210 g/mol. The Labute approximate surface area is 103 Å². The van der Waals surface area contributed by atoms with E-state index >= 15 is 0 Å². The van der Waals surface area contributed by atoms with Gasteiger partial charge in [0.25, 0.3) is 0 Å². The number of rotatable bonds is 4. The molecule has 0 aliphatic heterocycles. The first-order chi connectivity index (χ1) is 8.20. The Balaban J connectivity index is 2.23. The molecule has 1 aromatic heterocycles. The van der Waals surface area contributed by atoms with Crippen molar-refractivity contribution >= 4 is 0 Å². The van der Waals surface area contributed by atoms with Crippen molar-refractivity contribution in [1.82, 2.24) is 5.32 Å². The second-order valence-corrected chi connectivity index (χ2v) is 4.48. The lowest BCUT2D eigenvalue weighted by Gasteiger charge is -2.18. The summed E-state index contributed by atoms with van der Waals surface area (Å²) in [6.07, 6.45) is 2.61. The molecule has 17 heavy (non-hydrogen) atoms. The van der Waals surface area contributed by atoms with Gasteiger partial charge in [-0.3, -0.25) is 0 Å². The van der Waals surface area contributed by atoms with E-state index < -0.39 is 0 Å². The summed E-state index contributed by atoms with van der Waals surface area (Å²) in [5, 5.41) is 3.36. The molecule has 0 amide bonds. The number of furan rings is 1. The Morgan fingerprint density at radius 3 is 2.65 bits per heavy atom. The summed E-state index contributed by atoms with van der Waals surface area (Å²) >= 11 is 0. The minimum Gasteiger partial charge on any atom is -0.469 e. The summed E-state index contributed by atoms with van der Waals surface area (Å²) < 4.78 is 5.41.